The van der Waals surface area contributed by atoms with Crippen LogP contribution in [0.4, 0.5) is 5.82 Å². The molecule has 4 heterocycles. The normalized spacial score (nSPS) is 30.5. The maximum atomic E-state index is 12.8. The third-order valence-electron chi connectivity index (χ3n) is 6.80. The van der Waals surface area contributed by atoms with Gasteiger partial charge in [-0.05, 0) is 30.9 Å². The number of anilines is 1. The Morgan fingerprint density at radius 3 is 3.07 bits per heavy atom. The fourth-order valence-electron chi connectivity index (χ4n) is 5.45. The first-order valence-corrected chi connectivity index (χ1v) is 10.2. The zero-order valence-electron chi connectivity index (χ0n) is 16.2. The molecule has 1 N–H and O–H groups in total. The van der Waals surface area contributed by atoms with E-state index in [0.29, 0.717) is 18.4 Å². The molecule has 1 amide bonds. The van der Waals surface area contributed by atoms with Gasteiger partial charge in [-0.1, -0.05) is 25.1 Å². The summed E-state index contributed by atoms with van der Waals surface area (Å²) >= 11 is 0. The van der Waals surface area contributed by atoms with Crippen molar-refractivity contribution in [3.05, 3.63) is 54.0 Å². The summed E-state index contributed by atoms with van der Waals surface area (Å²) in [5.74, 6) is 1.72. The molecule has 3 aliphatic rings. The second kappa shape index (κ2) is 6.85. The van der Waals surface area contributed by atoms with Gasteiger partial charge in [0.25, 0.3) is 5.91 Å². The van der Waals surface area contributed by atoms with E-state index in [1.54, 1.807) is 12.4 Å². The van der Waals surface area contributed by atoms with E-state index in [0.717, 1.165) is 49.3 Å². The van der Waals surface area contributed by atoms with Gasteiger partial charge in [-0.2, -0.15) is 0 Å². The minimum atomic E-state index is -0.0844. The lowest BCUT2D eigenvalue weighted by molar-refractivity contribution is 0.0141. The number of nitrogens with zero attached hydrogens (tertiary/aromatic N) is 3. The van der Waals surface area contributed by atoms with Crippen molar-refractivity contribution in [2.75, 3.05) is 24.5 Å². The van der Waals surface area contributed by atoms with Crippen molar-refractivity contribution in [3.63, 3.8) is 0 Å². The number of hydrogen-bond donors (Lipinski definition) is 1. The van der Waals surface area contributed by atoms with E-state index >= 15 is 0 Å². The van der Waals surface area contributed by atoms with Crippen LogP contribution in [-0.4, -0.2) is 47.2 Å². The number of aromatic nitrogens is 2. The number of benzene rings is 1. The number of rotatable bonds is 5. The van der Waals surface area contributed by atoms with Crippen molar-refractivity contribution in [3.8, 4) is 0 Å². The molecule has 6 nitrogen and oxygen atoms in total. The molecule has 0 unspecified atom stereocenters. The van der Waals surface area contributed by atoms with Gasteiger partial charge in [0, 0.05) is 49.4 Å². The van der Waals surface area contributed by atoms with Gasteiger partial charge in [0.1, 0.15) is 5.82 Å². The summed E-state index contributed by atoms with van der Waals surface area (Å²) in [7, 11) is 0. The Labute approximate surface area is 165 Å². The summed E-state index contributed by atoms with van der Waals surface area (Å²) in [5, 5.41) is 3.20. The Bertz CT molecular complexity index is 874. The van der Waals surface area contributed by atoms with E-state index in [-0.39, 0.29) is 17.6 Å². The van der Waals surface area contributed by atoms with Crippen LogP contribution in [0.1, 0.15) is 35.7 Å². The Morgan fingerprint density at radius 1 is 1.36 bits per heavy atom. The van der Waals surface area contributed by atoms with Crippen LogP contribution < -0.4 is 10.2 Å². The quantitative estimate of drug-likeness (QED) is 0.866. The predicted octanol–water partition coefficient (Wildman–Crippen LogP) is 2.45. The molecule has 1 spiro atoms. The van der Waals surface area contributed by atoms with Gasteiger partial charge in [-0.15, -0.1) is 0 Å². The Balaban J connectivity index is 1.30. The van der Waals surface area contributed by atoms with Crippen LogP contribution in [0.25, 0.3) is 0 Å². The average Bonchev–Trinajstić information content (AvgIpc) is 3.41. The second-order valence-corrected chi connectivity index (χ2v) is 8.19. The summed E-state index contributed by atoms with van der Waals surface area (Å²) in [6.07, 6.45) is 8.56. The summed E-state index contributed by atoms with van der Waals surface area (Å²) in [4.78, 5) is 23.7. The first-order chi connectivity index (χ1) is 13.7. The summed E-state index contributed by atoms with van der Waals surface area (Å²) < 4.78 is 6.49. The highest BCUT2D eigenvalue weighted by Crippen LogP contribution is 2.55. The molecular formula is C22H26N4O2. The molecule has 2 bridgehead atoms. The highest BCUT2D eigenvalue weighted by molar-refractivity contribution is 5.95. The molecule has 0 aliphatic carbocycles. The fourth-order valence-corrected chi connectivity index (χ4v) is 5.45. The molecule has 0 radical (unpaired) electrons. The number of ether oxygens (including phenoxy) is 1. The molecule has 1 aromatic carbocycles. The lowest BCUT2D eigenvalue weighted by atomic mass is 9.73. The lowest BCUT2D eigenvalue weighted by Crippen LogP contribution is -2.42. The molecule has 3 fully saturated rings. The number of carbonyl (C=O) groups is 1. The maximum absolute atomic E-state index is 12.8. The molecule has 3 saturated heterocycles. The second-order valence-electron chi connectivity index (χ2n) is 8.19. The highest BCUT2D eigenvalue weighted by Gasteiger charge is 2.63. The maximum Gasteiger partial charge on any atom is 0.251 e. The topological polar surface area (TPSA) is 67.4 Å². The highest BCUT2D eigenvalue weighted by atomic mass is 16.5. The van der Waals surface area contributed by atoms with E-state index in [2.05, 4.69) is 27.1 Å². The zero-order valence-corrected chi connectivity index (χ0v) is 16.2. The molecule has 28 heavy (non-hydrogen) atoms. The van der Waals surface area contributed by atoms with Crippen molar-refractivity contribution in [2.45, 2.75) is 37.9 Å². The SMILES string of the molecule is CCc1ccccc1C(=O)NC[C@H]1[C@H]2CN(c3cnccn3)C[C@]23CC[C@H]1O3. The minimum Gasteiger partial charge on any atom is -0.369 e. The summed E-state index contributed by atoms with van der Waals surface area (Å²) in [6, 6.07) is 7.86. The van der Waals surface area contributed by atoms with Crippen molar-refractivity contribution >= 4 is 11.7 Å². The smallest absolute Gasteiger partial charge is 0.251 e. The molecule has 6 heteroatoms. The Hall–Kier alpha value is -2.47. The lowest BCUT2D eigenvalue weighted by Gasteiger charge is -2.29. The van der Waals surface area contributed by atoms with Gasteiger partial charge in [0.2, 0.25) is 0 Å². The van der Waals surface area contributed by atoms with Crippen molar-refractivity contribution in [2.24, 2.45) is 11.8 Å². The Kier molecular flexibility index (Phi) is 4.31. The van der Waals surface area contributed by atoms with Gasteiger partial charge in [0.15, 0.2) is 0 Å². The first-order valence-electron chi connectivity index (χ1n) is 10.2. The van der Waals surface area contributed by atoms with Gasteiger partial charge in [0.05, 0.1) is 17.9 Å². The molecule has 2 aromatic rings. The number of aryl methyl sites for hydroxylation is 1. The summed E-state index contributed by atoms with van der Waals surface area (Å²) in [5.41, 5.74) is 1.80. The molecule has 3 aliphatic heterocycles. The van der Waals surface area contributed by atoms with E-state index in [1.807, 2.05) is 30.5 Å². The van der Waals surface area contributed by atoms with Crippen LogP contribution in [0.2, 0.25) is 0 Å². The molecule has 1 aromatic heterocycles. The molecule has 0 saturated carbocycles. The van der Waals surface area contributed by atoms with E-state index in [4.69, 9.17) is 4.74 Å². The number of hydrogen-bond acceptors (Lipinski definition) is 5. The van der Waals surface area contributed by atoms with Crippen molar-refractivity contribution in [1.29, 1.82) is 0 Å². The molecular weight excluding hydrogens is 352 g/mol. The van der Waals surface area contributed by atoms with E-state index in [9.17, 15) is 4.79 Å². The molecule has 4 atom stereocenters. The minimum absolute atomic E-state index is 0.0260. The molecule has 5 rings (SSSR count). The van der Waals surface area contributed by atoms with Crippen LogP contribution >= 0.6 is 0 Å². The van der Waals surface area contributed by atoms with Crippen LogP contribution in [0.5, 0.6) is 0 Å². The Morgan fingerprint density at radius 2 is 2.25 bits per heavy atom. The first kappa shape index (κ1) is 17.6. The monoisotopic (exact) mass is 378 g/mol. The number of amides is 1. The van der Waals surface area contributed by atoms with Gasteiger partial charge >= 0.3 is 0 Å². The number of nitrogens with one attached hydrogen (secondary N) is 1. The molecule has 146 valence electrons. The van der Waals surface area contributed by atoms with Crippen molar-refractivity contribution < 1.29 is 9.53 Å². The standard InChI is InChI=1S/C22H26N4O2/c1-2-15-5-3-4-6-16(15)21(27)25-11-17-18-13-26(20-12-23-9-10-24-20)14-22(18)8-7-19(17)28-22/h3-6,9-10,12,17-19H,2,7-8,11,13-14H2,1H3,(H,25,27)/t17-,18+,19+,22+/m0/s1. The van der Waals surface area contributed by atoms with Crippen LogP contribution in [0, 0.1) is 11.8 Å². The fraction of sp³-hybridized carbons (Fsp3) is 0.500. The van der Waals surface area contributed by atoms with E-state index < -0.39 is 0 Å². The third kappa shape index (κ3) is 2.78. The largest absolute Gasteiger partial charge is 0.369 e. The number of fused-ring (bicyclic) bond motifs is 1. The average molecular weight is 378 g/mol. The van der Waals surface area contributed by atoms with Crippen LogP contribution in [-0.2, 0) is 11.2 Å². The van der Waals surface area contributed by atoms with Crippen molar-refractivity contribution in [1.82, 2.24) is 15.3 Å². The van der Waals surface area contributed by atoms with Gasteiger partial charge in [-0.3, -0.25) is 9.78 Å². The zero-order chi connectivity index (χ0) is 19.1. The summed E-state index contributed by atoms with van der Waals surface area (Å²) in [6.45, 7) is 4.54. The third-order valence-corrected chi connectivity index (χ3v) is 6.80. The number of carbonyl (C=O) groups excluding carboxylic acids is 1. The van der Waals surface area contributed by atoms with Gasteiger partial charge in [-0.25, -0.2) is 4.98 Å². The predicted molar refractivity (Wildman–Crippen MR) is 106 cm³/mol. The van der Waals surface area contributed by atoms with Crippen LogP contribution in [0.3, 0.4) is 0 Å². The van der Waals surface area contributed by atoms with Gasteiger partial charge < -0.3 is 15.0 Å². The van der Waals surface area contributed by atoms with Crippen LogP contribution in [0.15, 0.2) is 42.9 Å². The van der Waals surface area contributed by atoms with E-state index in [1.165, 1.54) is 0 Å².